The van der Waals surface area contributed by atoms with E-state index in [1.165, 1.54) is 35.7 Å². The van der Waals surface area contributed by atoms with Gasteiger partial charge in [-0.3, -0.25) is 4.79 Å². The Balaban J connectivity index is 1.58. The van der Waals surface area contributed by atoms with Gasteiger partial charge < -0.3 is 15.9 Å². The third kappa shape index (κ3) is 4.30. The minimum Gasteiger partial charge on any atom is -0.497 e. The van der Waals surface area contributed by atoms with Crippen LogP contribution in [0.1, 0.15) is 32.6 Å². The minimum atomic E-state index is 0.0164. The van der Waals surface area contributed by atoms with Crippen LogP contribution in [-0.4, -0.2) is 39.7 Å². The molecule has 0 aliphatic heterocycles. The molecule has 3 rings (SSSR count). The number of aromatic nitrogens is 3. The number of ether oxygens (including phenoxy) is 1. The van der Waals surface area contributed by atoms with Crippen LogP contribution in [0.5, 0.6) is 5.75 Å². The van der Waals surface area contributed by atoms with E-state index in [9.17, 15) is 4.79 Å². The maximum Gasteiger partial charge on any atom is 0.230 e. The van der Waals surface area contributed by atoms with Crippen LogP contribution in [0.25, 0.3) is 11.4 Å². The van der Waals surface area contributed by atoms with E-state index in [2.05, 4.69) is 22.4 Å². The van der Waals surface area contributed by atoms with Crippen molar-refractivity contribution >= 4 is 17.7 Å². The molecule has 0 unspecified atom stereocenters. The fraction of sp³-hybridized carbons (Fsp3) is 0.500. The van der Waals surface area contributed by atoms with Gasteiger partial charge in [-0.15, -0.1) is 10.2 Å². The molecule has 1 aromatic carbocycles. The molecule has 3 N–H and O–H groups in total. The molecule has 1 aliphatic carbocycles. The van der Waals surface area contributed by atoms with Crippen LogP contribution in [0.15, 0.2) is 29.4 Å². The van der Waals surface area contributed by atoms with Crippen molar-refractivity contribution in [3.05, 3.63) is 24.3 Å². The smallest absolute Gasteiger partial charge is 0.230 e. The molecule has 0 saturated heterocycles. The Morgan fingerprint density at radius 3 is 2.73 bits per heavy atom. The van der Waals surface area contributed by atoms with Crippen molar-refractivity contribution < 1.29 is 9.53 Å². The number of rotatable bonds is 6. The van der Waals surface area contributed by atoms with E-state index < -0.39 is 0 Å². The molecular formula is C18H25N5O2S. The number of hydrogen-bond donors (Lipinski definition) is 2. The molecule has 0 bridgehead atoms. The van der Waals surface area contributed by atoms with Gasteiger partial charge in [0.2, 0.25) is 11.1 Å². The summed E-state index contributed by atoms with van der Waals surface area (Å²) in [7, 11) is 1.62. The number of nitrogen functional groups attached to an aromatic ring is 1. The Kier molecular flexibility index (Phi) is 6.03. The molecule has 1 heterocycles. The van der Waals surface area contributed by atoms with Crippen LogP contribution in [0.4, 0.5) is 0 Å². The Morgan fingerprint density at radius 1 is 1.31 bits per heavy atom. The van der Waals surface area contributed by atoms with Gasteiger partial charge in [0.05, 0.1) is 12.9 Å². The summed E-state index contributed by atoms with van der Waals surface area (Å²) in [6.45, 7) is 2.20. The second-order valence-electron chi connectivity index (χ2n) is 6.63. The van der Waals surface area contributed by atoms with Crippen LogP contribution in [-0.2, 0) is 4.79 Å². The second-order valence-corrected chi connectivity index (χ2v) is 7.57. The van der Waals surface area contributed by atoms with E-state index in [-0.39, 0.29) is 17.7 Å². The largest absolute Gasteiger partial charge is 0.497 e. The summed E-state index contributed by atoms with van der Waals surface area (Å²) in [6.07, 6.45) is 4.68. The standard InChI is InChI=1S/C18H25N5O2S/c1-12-5-3-4-6-15(12)20-16(24)11-26-18-22-21-17(23(18)19)13-7-9-14(25-2)10-8-13/h7-10,12,15H,3-6,11,19H2,1-2H3,(H,20,24)/t12-,15-/m1/s1. The molecule has 7 nitrogen and oxygen atoms in total. The molecule has 1 fully saturated rings. The normalized spacial score (nSPS) is 19.9. The first kappa shape index (κ1) is 18.6. The van der Waals surface area contributed by atoms with E-state index in [0.717, 1.165) is 17.7 Å². The average molecular weight is 375 g/mol. The van der Waals surface area contributed by atoms with Crippen molar-refractivity contribution in [1.82, 2.24) is 20.2 Å². The van der Waals surface area contributed by atoms with Crippen LogP contribution < -0.4 is 15.9 Å². The highest BCUT2D eigenvalue weighted by atomic mass is 32.2. The summed E-state index contributed by atoms with van der Waals surface area (Å²) < 4.78 is 6.57. The topological polar surface area (TPSA) is 95.1 Å². The molecule has 26 heavy (non-hydrogen) atoms. The van der Waals surface area contributed by atoms with Crippen LogP contribution in [0, 0.1) is 5.92 Å². The predicted molar refractivity (Wildman–Crippen MR) is 102 cm³/mol. The fourth-order valence-corrected chi connectivity index (χ4v) is 3.89. The number of hydrogen-bond acceptors (Lipinski definition) is 6. The fourth-order valence-electron chi connectivity index (χ4n) is 3.22. The van der Waals surface area contributed by atoms with E-state index in [0.29, 0.717) is 16.9 Å². The zero-order chi connectivity index (χ0) is 18.5. The zero-order valence-electron chi connectivity index (χ0n) is 15.1. The Labute approximate surface area is 157 Å². The lowest BCUT2D eigenvalue weighted by Gasteiger charge is -2.29. The van der Waals surface area contributed by atoms with Crippen LogP contribution in [0.3, 0.4) is 0 Å². The average Bonchev–Trinajstić information content (AvgIpc) is 3.02. The van der Waals surface area contributed by atoms with Crippen molar-refractivity contribution in [1.29, 1.82) is 0 Å². The minimum absolute atomic E-state index is 0.0164. The molecule has 1 aromatic heterocycles. The first-order valence-electron chi connectivity index (χ1n) is 8.85. The van der Waals surface area contributed by atoms with Crippen molar-refractivity contribution in [3.63, 3.8) is 0 Å². The molecule has 0 radical (unpaired) electrons. The number of nitrogens with zero attached hydrogens (tertiary/aromatic N) is 3. The van der Waals surface area contributed by atoms with Gasteiger partial charge in [-0.2, -0.15) is 0 Å². The van der Waals surface area contributed by atoms with Gasteiger partial charge in [-0.05, 0) is 43.0 Å². The molecular weight excluding hydrogens is 350 g/mol. The van der Waals surface area contributed by atoms with Gasteiger partial charge in [-0.25, -0.2) is 4.68 Å². The SMILES string of the molecule is COc1ccc(-c2nnc(SCC(=O)N[C@@H]3CCCC[C@H]3C)n2N)cc1. The van der Waals surface area contributed by atoms with Gasteiger partial charge in [0.15, 0.2) is 5.82 Å². The first-order valence-corrected chi connectivity index (χ1v) is 9.84. The highest BCUT2D eigenvalue weighted by molar-refractivity contribution is 7.99. The molecule has 2 aromatic rings. The van der Waals surface area contributed by atoms with E-state index in [4.69, 9.17) is 10.6 Å². The molecule has 0 spiro atoms. The van der Waals surface area contributed by atoms with Gasteiger partial charge in [0.1, 0.15) is 5.75 Å². The lowest BCUT2D eigenvalue weighted by atomic mass is 9.86. The number of carbonyl (C=O) groups is 1. The third-order valence-electron chi connectivity index (χ3n) is 4.80. The van der Waals surface area contributed by atoms with Gasteiger partial charge in [0.25, 0.3) is 0 Å². The van der Waals surface area contributed by atoms with Crippen molar-refractivity contribution in [2.45, 2.75) is 43.8 Å². The van der Waals surface area contributed by atoms with E-state index in [1.54, 1.807) is 7.11 Å². The summed E-state index contributed by atoms with van der Waals surface area (Å²) in [6, 6.07) is 7.71. The first-order chi connectivity index (χ1) is 12.6. The number of methoxy groups -OCH3 is 1. The van der Waals surface area contributed by atoms with Crippen LogP contribution in [0.2, 0.25) is 0 Å². The number of carbonyl (C=O) groups excluding carboxylic acids is 1. The lowest BCUT2D eigenvalue weighted by Crippen LogP contribution is -2.41. The summed E-state index contributed by atoms with van der Waals surface area (Å²) in [5.74, 6) is 8.26. The third-order valence-corrected chi connectivity index (χ3v) is 5.75. The van der Waals surface area contributed by atoms with Crippen molar-refractivity contribution in [2.24, 2.45) is 5.92 Å². The quantitative estimate of drug-likeness (QED) is 0.595. The molecule has 1 aliphatic rings. The zero-order valence-corrected chi connectivity index (χ0v) is 16.0. The molecule has 8 heteroatoms. The Bertz CT molecular complexity index is 747. The molecule has 140 valence electrons. The van der Waals surface area contributed by atoms with Gasteiger partial charge >= 0.3 is 0 Å². The van der Waals surface area contributed by atoms with Gasteiger partial charge in [-0.1, -0.05) is 31.5 Å². The number of amides is 1. The Morgan fingerprint density at radius 2 is 2.04 bits per heavy atom. The summed E-state index contributed by atoms with van der Waals surface area (Å²) in [5, 5.41) is 11.9. The summed E-state index contributed by atoms with van der Waals surface area (Å²) in [5.41, 5.74) is 0.841. The molecule has 1 amide bonds. The van der Waals surface area contributed by atoms with Crippen LogP contribution >= 0.6 is 11.8 Å². The maximum absolute atomic E-state index is 12.2. The maximum atomic E-state index is 12.2. The van der Waals surface area contributed by atoms with E-state index in [1.807, 2.05) is 24.3 Å². The van der Waals surface area contributed by atoms with E-state index >= 15 is 0 Å². The lowest BCUT2D eigenvalue weighted by molar-refractivity contribution is -0.119. The second kappa shape index (κ2) is 8.44. The molecule has 1 saturated carbocycles. The number of benzene rings is 1. The number of nitrogens with one attached hydrogen (secondary N) is 1. The van der Waals surface area contributed by atoms with Crippen molar-refractivity contribution in [2.75, 3.05) is 18.7 Å². The summed E-state index contributed by atoms with van der Waals surface area (Å²) >= 11 is 1.30. The Hall–Kier alpha value is -2.22. The highest BCUT2D eigenvalue weighted by Gasteiger charge is 2.23. The number of nitrogens with two attached hydrogens (primary N) is 1. The number of thioether (sulfide) groups is 1. The predicted octanol–water partition coefficient (Wildman–Crippen LogP) is 2.45. The van der Waals surface area contributed by atoms with Gasteiger partial charge in [0, 0.05) is 11.6 Å². The van der Waals surface area contributed by atoms with Crippen molar-refractivity contribution in [3.8, 4) is 17.1 Å². The summed E-state index contributed by atoms with van der Waals surface area (Å²) in [4.78, 5) is 12.2. The molecule has 2 atom stereocenters. The highest BCUT2D eigenvalue weighted by Crippen LogP contribution is 2.25. The monoisotopic (exact) mass is 375 g/mol.